The summed E-state index contributed by atoms with van der Waals surface area (Å²) in [6.07, 6.45) is 3.28. The molecule has 3 rings (SSSR count). The first-order chi connectivity index (χ1) is 13.5. The number of carbonyl (C=O) groups excluding carboxylic acids is 2. The highest BCUT2D eigenvalue weighted by Gasteiger charge is 2.43. The number of hydrogen-bond donors (Lipinski definition) is 2. The lowest BCUT2D eigenvalue weighted by molar-refractivity contribution is -0.148. The third-order valence-corrected chi connectivity index (χ3v) is 5.61. The summed E-state index contributed by atoms with van der Waals surface area (Å²) in [7, 11) is 1.61. The third-order valence-electron chi connectivity index (χ3n) is 5.61. The molecule has 1 aliphatic heterocycles. The molecule has 0 radical (unpaired) electrons. The van der Waals surface area contributed by atoms with Crippen molar-refractivity contribution in [1.29, 1.82) is 0 Å². The summed E-state index contributed by atoms with van der Waals surface area (Å²) >= 11 is 0. The van der Waals surface area contributed by atoms with Crippen molar-refractivity contribution in [3.8, 4) is 0 Å². The summed E-state index contributed by atoms with van der Waals surface area (Å²) in [5, 5.41) is 2.71. The van der Waals surface area contributed by atoms with E-state index >= 15 is 0 Å². The molecule has 5 heteroatoms. The molecule has 1 aliphatic rings. The van der Waals surface area contributed by atoms with Crippen LogP contribution in [0.1, 0.15) is 30.4 Å². The standard InChI is InChI=1S/C23H29N3O2/c1-25-21(27)20(17-19-11-6-3-7-12-19)26-16-8-14-23(24,22(26)28)15-13-18-9-4-2-5-10-18/h2-7,9-12,20H,8,13-17,24H2,1H3,(H,25,27)/t20-,23?/m0/s1. The van der Waals surface area contributed by atoms with Crippen molar-refractivity contribution in [3.63, 3.8) is 0 Å². The molecule has 0 aromatic heterocycles. The van der Waals surface area contributed by atoms with Crippen molar-refractivity contribution >= 4 is 11.8 Å². The first kappa shape index (κ1) is 20.1. The number of piperidine rings is 1. The third kappa shape index (κ3) is 4.60. The number of benzene rings is 2. The lowest BCUT2D eigenvalue weighted by Gasteiger charge is -2.42. The molecule has 0 aliphatic carbocycles. The van der Waals surface area contributed by atoms with Gasteiger partial charge in [-0.25, -0.2) is 0 Å². The zero-order valence-electron chi connectivity index (χ0n) is 16.4. The van der Waals surface area contributed by atoms with E-state index in [2.05, 4.69) is 17.4 Å². The van der Waals surface area contributed by atoms with Crippen molar-refractivity contribution in [1.82, 2.24) is 10.2 Å². The molecule has 2 atom stereocenters. The van der Waals surface area contributed by atoms with Crippen molar-refractivity contribution < 1.29 is 9.59 Å². The van der Waals surface area contributed by atoms with Gasteiger partial charge in [0.1, 0.15) is 6.04 Å². The van der Waals surface area contributed by atoms with E-state index in [1.807, 2.05) is 48.5 Å². The van der Waals surface area contributed by atoms with Crippen molar-refractivity contribution in [2.24, 2.45) is 5.73 Å². The molecule has 28 heavy (non-hydrogen) atoms. The molecule has 1 fully saturated rings. The highest BCUT2D eigenvalue weighted by molar-refractivity contribution is 5.92. The maximum atomic E-state index is 13.3. The zero-order chi connectivity index (χ0) is 20.0. The van der Waals surface area contributed by atoms with E-state index in [4.69, 9.17) is 5.73 Å². The average Bonchev–Trinajstić information content (AvgIpc) is 2.74. The van der Waals surface area contributed by atoms with Gasteiger partial charge in [0.15, 0.2) is 0 Å². The molecule has 2 aromatic rings. The Kier molecular flexibility index (Phi) is 6.47. The summed E-state index contributed by atoms with van der Waals surface area (Å²) in [6, 6.07) is 19.3. The Morgan fingerprint density at radius 1 is 1.11 bits per heavy atom. The normalized spacial score (nSPS) is 20.6. The number of nitrogens with two attached hydrogens (primary N) is 1. The average molecular weight is 380 g/mol. The summed E-state index contributed by atoms with van der Waals surface area (Å²) in [5.41, 5.74) is 7.87. The number of carbonyl (C=O) groups is 2. The number of nitrogens with one attached hydrogen (secondary N) is 1. The molecule has 1 saturated heterocycles. The monoisotopic (exact) mass is 379 g/mol. The first-order valence-electron chi connectivity index (χ1n) is 9.93. The van der Waals surface area contributed by atoms with Crippen molar-refractivity contribution in [2.75, 3.05) is 13.6 Å². The molecule has 3 N–H and O–H groups in total. The van der Waals surface area contributed by atoms with Crippen LogP contribution in [-0.4, -0.2) is 41.9 Å². The number of nitrogens with zero attached hydrogens (tertiary/aromatic N) is 1. The Balaban J connectivity index is 1.76. The predicted molar refractivity (Wildman–Crippen MR) is 111 cm³/mol. The summed E-state index contributed by atoms with van der Waals surface area (Å²) < 4.78 is 0. The van der Waals surface area contributed by atoms with Crippen LogP contribution in [0.4, 0.5) is 0 Å². The highest BCUT2D eigenvalue weighted by Crippen LogP contribution is 2.27. The molecular formula is C23H29N3O2. The van der Waals surface area contributed by atoms with Crippen LogP contribution in [-0.2, 0) is 22.4 Å². The first-order valence-corrected chi connectivity index (χ1v) is 9.93. The van der Waals surface area contributed by atoms with Gasteiger partial charge in [0.05, 0.1) is 5.54 Å². The largest absolute Gasteiger partial charge is 0.357 e. The zero-order valence-corrected chi connectivity index (χ0v) is 16.4. The second kappa shape index (κ2) is 9.02. The van der Waals surface area contributed by atoms with Gasteiger partial charge in [0.2, 0.25) is 11.8 Å². The quantitative estimate of drug-likeness (QED) is 0.775. The molecule has 0 bridgehead atoms. The van der Waals surface area contributed by atoms with Gasteiger partial charge in [-0.05, 0) is 36.8 Å². The van der Waals surface area contributed by atoms with E-state index in [1.165, 1.54) is 5.56 Å². The Morgan fingerprint density at radius 3 is 2.32 bits per heavy atom. The number of likely N-dealkylation sites (N-methyl/N-ethyl adjacent to an activating group) is 1. The summed E-state index contributed by atoms with van der Waals surface area (Å²) in [5.74, 6) is -0.260. The van der Waals surface area contributed by atoms with Crippen LogP contribution in [0.25, 0.3) is 0 Å². The molecule has 5 nitrogen and oxygen atoms in total. The molecule has 148 valence electrons. The van der Waals surface area contributed by atoms with Gasteiger partial charge in [-0.2, -0.15) is 0 Å². The SMILES string of the molecule is CNC(=O)[C@H](Cc1ccccc1)N1CCCC(N)(CCc2ccccc2)C1=O. The Morgan fingerprint density at radius 2 is 1.71 bits per heavy atom. The Labute approximate surface area is 166 Å². The van der Waals surface area contributed by atoms with Crippen LogP contribution >= 0.6 is 0 Å². The van der Waals surface area contributed by atoms with Crippen LogP contribution in [0.5, 0.6) is 0 Å². The highest BCUT2D eigenvalue weighted by atomic mass is 16.2. The van der Waals surface area contributed by atoms with E-state index in [-0.39, 0.29) is 11.8 Å². The number of rotatable bonds is 7. The number of likely N-dealkylation sites (tertiary alicyclic amines) is 1. The minimum Gasteiger partial charge on any atom is -0.357 e. The smallest absolute Gasteiger partial charge is 0.243 e. The van der Waals surface area contributed by atoms with Gasteiger partial charge in [-0.1, -0.05) is 60.7 Å². The second-order valence-electron chi connectivity index (χ2n) is 7.56. The topological polar surface area (TPSA) is 75.4 Å². The van der Waals surface area contributed by atoms with Crippen LogP contribution in [0.2, 0.25) is 0 Å². The van der Waals surface area contributed by atoms with Crippen LogP contribution in [0.3, 0.4) is 0 Å². The molecule has 1 heterocycles. The molecule has 1 unspecified atom stereocenters. The van der Waals surface area contributed by atoms with Crippen molar-refractivity contribution in [2.45, 2.75) is 43.7 Å². The number of hydrogen-bond acceptors (Lipinski definition) is 3. The fourth-order valence-electron chi connectivity index (χ4n) is 3.95. The van der Waals surface area contributed by atoms with E-state index in [0.29, 0.717) is 25.8 Å². The summed E-state index contributed by atoms with van der Waals surface area (Å²) in [4.78, 5) is 27.6. The van der Waals surface area contributed by atoms with Crippen LogP contribution < -0.4 is 11.1 Å². The van der Waals surface area contributed by atoms with E-state index in [0.717, 1.165) is 18.4 Å². The molecular weight excluding hydrogens is 350 g/mol. The van der Waals surface area contributed by atoms with Crippen LogP contribution in [0.15, 0.2) is 60.7 Å². The lowest BCUT2D eigenvalue weighted by Crippen LogP contribution is -2.63. The van der Waals surface area contributed by atoms with Gasteiger partial charge < -0.3 is 16.0 Å². The van der Waals surface area contributed by atoms with Gasteiger partial charge in [-0.15, -0.1) is 0 Å². The predicted octanol–water partition coefficient (Wildman–Crippen LogP) is 2.30. The summed E-state index contributed by atoms with van der Waals surface area (Å²) in [6.45, 7) is 0.564. The van der Waals surface area contributed by atoms with Gasteiger partial charge in [0, 0.05) is 20.0 Å². The van der Waals surface area contributed by atoms with E-state index in [1.54, 1.807) is 11.9 Å². The van der Waals surface area contributed by atoms with Gasteiger partial charge in [-0.3, -0.25) is 9.59 Å². The fraction of sp³-hybridized carbons (Fsp3) is 0.391. The van der Waals surface area contributed by atoms with Crippen molar-refractivity contribution in [3.05, 3.63) is 71.8 Å². The minimum absolute atomic E-state index is 0.112. The molecule has 0 saturated carbocycles. The van der Waals surface area contributed by atoms with E-state index in [9.17, 15) is 9.59 Å². The maximum Gasteiger partial charge on any atom is 0.243 e. The van der Waals surface area contributed by atoms with Crippen LogP contribution in [0, 0.1) is 0 Å². The number of amides is 2. The van der Waals surface area contributed by atoms with Gasteiger partial charge >= 0.3 is 0 Å². The fourth-order valence-corrected chi connectivity index (χ4v) is 3.95. The minimum atomic E-state index is -0.920. The maximum absolute atomic E-state index is 13.3. The molecule has 2 aromatic carbocycles. The molecule has 2 amide bonds. The Bertz CT molecular complexity index is 794. The van der Waals surface area contributed by atoms with E-state index < -0.39 is 11.6 Å². The number of aryl methyl sites for hydroxylation is 1. The lowest BCUT2D eigenvalue weighted by atomic mass is 9.82. The van der Waals surface area contributed by atoms with Gasteiger partial charge in [0.25, 0.3) is 0 Å². The Hall–Kier alpha value is -2.66. The second-order valence-corrected chi connectivity index (χ2v) is 7.56. The molecule has 0 spiro atoms.